The average Bonchev–Trinajstić information content (AvgIpc) is 2.80. The molecule has 3 aromatic carbocycles. The number of halogens is 1. The Morgan fingerprint density at radius 1 is 0.882 bits per heavy atom. The van der Waals surface area contributed by atoms with Crippen molar-refractivity contribution in [2.75, 3.05) is 18.2 Å². The lowest BCUT2D eigenvalue weighted by atomic mass is 9.84. The van der Waals surface area contributed by atoms with E-state index in [0.717, 1.165) is 12.3 Å². The molecule has 0 spiro atoms. The van der Waals surface area contributed by atoms with Gasteiger partial charge < -0.3 is 10.1 Å². The summed E-state index contributed by atoms with van der Waals surface area (Å²) >= 11 is 5.86. The van der Waals surface area contributed by atoms with Crippen LogP contribution < -0.4 is 5.32 Å². The van der Waals surface area contributed by atoms with Crippen LogP contribution in [0.1, 0.15) is 42.2 Å². The molecule has 1 N–H and O–H groups in total. The molecule has 0 aliphatic heterocycles. The van der Waals surface area contributed by atoms with Crippen LogP contribution in [-0.4, -0.2) is 44.7 Å². The van der Waals surface area contributed by atoms with Crippen molar-refractivity contribution in [3.63, 3.8) is 0 Å². The van der Waals surface area contributed by atoms with Gasteiger partial charge in [-0.2, -0.15) is 0 Å². The molecule has 0 unspecified atom stereocenters. The first-order chi connectivity index (χ1) is 16.1. The Hall–Kier alpha value is -3.82. The number of anilines is 1. The van der Waals surface area contributed by atoms with Gasteiger partial charge in [-0.05, 0) is 36.4 Å². The van der Waals surface area contributed by atoms with Gasteiger partial charge in [0.05, 0.1) is 15.5 Å². The molecule has 3 aromatic rings. The highest BCUT2D eigenvalue weighted by Crippen LogP contribution is 2.29. The molecule has 1 aliphatic rings. The maximum absolute atomic E-state index is 12.8. The van der Waals surface area contributed by atoms with E-state index in [1.807, 2.05) is 0 Å². The van der Waals surface area contributed by atoms with Crippen LogP contribution in [0.2, 0.25) is 5.02 Å². The summed E-state index contributed by atoms with van der Waals surface area (Å²) in [6, 6.07) is 14.4. The predicted molar refractivity (Wildman–Crippen MR) is 123 cm³/mol. The number of ether oxygens (including phenoxy) is 1. The maximum Gasteiger partial charge on any atom is 0.338 e. The van der Waals surface area contributed by atoms with Gasteiger partial charge in [-0.1, -0.05) is 35.9 Å². The number of benzene rings is 3. The number of hydrogen-bond acceptors (Lipinski definition) is 7. The van der Waals surface area contributed by atoms with E-state index in [0.29, 0.717) is 5.56 Å². The maximum atomic E-state index is 12.8. The highest BCUT2D eigenvalue weighted by Gasteiger charge is 2.29. The lowest BCUT2D eigenvalue weighted by Gasteiger charge is -2.18. The van der Waals surface area contributed by atoms with Gasteiger partial charge in [0.1, 0.15) is 0 Å². The van der Waals surface area contributed by atoms with Crippen LogP contribution in [0.15, 0.2) is 65.6 Å². The molecule has 0 radical (unpaired) electrons. The number of rotatable bonds is 5. The number of sulfone groups is 1. The summed E-state index contributed by atoms with van der Waals surface area (Å²) in [5.74, 6) is -2.23. The number of fused-ring (bicyclic) bond motifs is 2. The fourth-order valence-corrected chi connectivity index (χ4v) is 4.80. The fourth-order valence-electron chi connectivity index (χ4n) is 3.50. The lowest BCUT2D eigenvalue weighted by Crippen LogP contribution is -2.23. The summed E-state index contributed by atoms with van der Waals surface area (Å²) in [4.78, 5) is 49.8. The number of esters is 1. The number of ketones is 2. The van der Waals surface area contributed by atoms with Gasteiger partial charge in [0, 0.05) is 34.2 Å². The molecule has 34 heavy (non-hydrogen) atoms. The van der Waals surface area contributed by atoms with Crippen molar-refractivity contribution in [3.8, 4) is 0 Å². The first-order valence-electron chi connectivity index (χ1n) is 9.85. The van der Waals surface area contributed by atoms with Crippen molar-refractivity contribution in [2.24, 2.45) is 0 Å². The third-order valence-electron chi connectivity index (χ3n) is 5.11. The summed E-state index contributed by atoms with van der Waals surface area (Å²) in [6.07, 6.45) is 0.951. The van der Waals surface area contributed by atoms with Crippen LogP contribution in [0, 0.1) is 0 Å². The molecular formula is C24H16ClNO7S. The topological polar surface area (TPSA) is 124 Å². The first-order valence-corrected chi connectivity index (χ1v) is 12.1. The van der Waals surface area contributed by atoms with Gasteiger partial charge in [-0.15, -0.1) is 0 Å². The third kappa shape index (κ3) is 4.48. The van der Waals surface area contributed by atoms with Gasteiger partial charge in [0.15, 0.2) is 28.0 Å². The second-order valence-electron chi connectivity index (χ2n) is 7.51. The molecule has 0 atom stereocenters. The van der Waals surface area contributed by atoms with E-state index in [9.17, 15) is 27.6 Å². The Morgan fingerprint density at radius 2 is 1.50 bits per heavy atom. The second kappa shape index (κ2) is 8.85. The molecule has 0 fully saturated rings. The SMILES string of the molecule is CS(=O)(=O)c1cc(C(=O)OCC(=O)Nc2ccc3c(c2)C(=O)c2ccccc2C3=O)ccc1Cl. The Balaban J connectivity index is 1.45. The van der Waals surface area contributed by atoms with Crippen molar-refractivity contribution in [1.82, 2.24) is 0 Å². The summed E-state index contributed by atoms with van der Waals surface area (Å²) in [6.45, 7) is -0.664. The van der Waals surface area contributed by atoms with Crippen LogP contribution in [0.4, 0.5) is 5.69 Å². The monoisotopic (exact) mass is 497 g/mol. The average molecular weight is 498 g/mol. The molecule has 0 saturated carbocycles. The third-order valence-corrected chi connectivity index (χ3v) is 6.69. The normalized spacial score (nSPS) is 12.5. The minimum absolute atomic E-state index is 0.0418. The van der Waals surface area contributed by atoms with Crippen molar-refractivity contribution in [1.29, 1.82) is 0 Å². The quantitative estimate of drug-likeness (QED) is 0.419. The highest BCUT2D eigenvalue weighted by atomic mass is 35.5. The largest absolute Gasteiger partial charge is 0.452 e. The van der Waals surface area contributed by atoms with E-state index in [2.05, 4.69) is 5.32 Å². The molecule has 0 heterocycles. The van der Waals surface area contributed by atoms with Gasteiger partial charge >= 0.3 is 5.97 Å². The Labute approximate surface area is 199 Å². The second-order valence-corrected chi connectivity index (χ2v) is 9.90. The Bertz CT molecular complexity index is 1490. The van der Waals surface area contributed by atoms with E-state index < -0.39 is 28.3 Å². The predicted octanol–water partition coefficient (Wildman–Crippen LogP) is 3.31. The van der Waals surface area contributed by atoms with Crippen molar-refractivity contribution >= 4 is 50.6 Å². The van der Waals surface area contributed by atoms with Gasteiger partial charge in [0.25, 0.3) is 5.91 Å². The molecule has 4 rings (SSSR count). The fraction of sp³-hybridized carbons (Fsp3) is 0.0833. The smallest absolute Gasteiger partial charge is 0.338 e. The summed E-state index contributed by atoms with van der Waals surface area (Å²) < 4.78 is 28.5. The van der Waals surface area contributed by atoms with Crippen LogP contribution in [0.5, 0.6) is 0 Å². The molecule has 1 aliphatic carbocycles. The van der Waals surface area contributed by atoms with E-state index in [4.69, 9.17) is 16.3 Å². The molecule has 10 heteroatoms. The zero-order chi connectivity index (χ0) is 24.6. The molecule has 8 nitrogen and oxygen atoms in total. The number of amides is 1. The molecule has 0 saturated heterocycles. The summed E-state index contributed by atoms with van der Waals surface area (Å²) in [5, 5.41) is 2.46. The molecule has 0 aromatic heterocycles. The zero-order valence-corrected chi connectivity index (χ0v) is 19.2. The molecule has 0 bridgehead atoms. The van der Waals surface area contributed by atoms with Gasteiger partial charge in [0.2, 0.25) is 0 Å². The molecular weight excluding hydrogens is 482 g/mol. The van der Waals surface area contributed by atoms with E-state index in [1.54, 1.807) is 24.3 Å². The number of hydrogen-bond donors (Lipinski definition) is 1. The number of carbonyl (C=O) groups is 4. The van der Waals surface area contributed by atoms with E-state index in [-0.39, 0.29) is 49.4 Å². The van der Waals surface area contributed by atoms with Crippen LogP contribution in [0.3, 0.4) is 0 Å². The molecule has 172 valence electrons. The lowest BCUT2D eigenvalue weighted by molar-refractivity contribution is -0.119. The Morgan fingerprint density at radius 3 is 2.15 bits per heavy atom. The van der Waals surface area contributed by atoms with Crippen molar-refractivity contribution in [2.45, 2.75) is 4.90 Å². The minimum atomic E-state index is -3.67. The number of carbonyl (C=O) groups excluding carboxylic acids is 4. The standard InChI is InChI=1S/C24H16ClNO7S/c1-34(31,32)20-10-13(6-9-19(20)25)24(30)33-12-21(27)26-14-7-8-17-18(11-14)23(29)16-5-3-2-4-15(16)22(17)28/h2-11H,12H2,1H3,(H,26,27). The highest BCUT2D eigenvalue weighted by molar-refractivity contribution is 7.90. The zero-order valence-electron chi connectivity index (χ0n) is 17.6. The van der Waals surface area contributed by atoms with Crippen molar-refractivity contribution in [3.05, 3.63) is 93.5 Å². The first kappa shape index (κ1) is 23.3. The van der Waals surface area contributed by atoms with Crippen LogP contribution >= 0.6 is 11.6 Å². The summed E-state index contributed by atoms with van der Waals surface area (Å²) in [5.41, 5.74) is 1.16. The van der Waals surface area contributed by atoms with Gasteiger partial charge in [-0.25, -0.2) is 13.2 Å². The van der Waals surface area contributed by atoms with E-state index in [1.165, 1.54) is 30.3 Å². The summed E-state index contributed by atoms with van der Waals surface area (Å²) in [7, 11) is -3.67. The molecule has 1 amide bonds. The van der Waals surface area contributed by atoms with Crippen molar-refractivity contribution < 1.29 is 32.3 Å². The van der Waals surface area contributed by atoms with Gasteiger partial charge in [-0.3, -0.25) is 14.4 Å². The minimum Gasteiger partial charge on any atom is -0.452 e. The Kier molecular flexibility index (Phi) is 6.07. The van der Waals surface area contributed by atoms with E-state index >= 15 is 0 Å². The van der Waals surface area contributed by atoms with Crippen LogP contribution in [-0.2, 0) is 19.4 Å². The number of nitrogens with one attached hydrogen (secondary N) is 1. The van der Waals surface area contributed by atoms with Crippen LogP contribution in [0.25, 0.3) is 0 Å².